The molecule has 0 amide bonds. The smallest absolute Gasteiger partial charge is 0.117 e. The van der Waals surface area contributed by atoms with E-state index in [1.165, 1.54) is 0 Å². The predicted molar refractivity (Wildman–Crippen MR) is 79.9 cm³/mol. The summed E-state index contributed by atoms with van der Waals surface area (Å²) in [7, 11) is 0. The van der Waals surface area contributed by atoms with E-state index < -0.39 is 0 Å². The summed E-state index contributed by atoms with van der Waals surface area (Å²) in [5.74, 6) is 0.725. The van der Waals surface area contributed by atoms with Gasteiger partial charge in [-0.15, -0.1) is 0 Å². The molecule has 4 heteroatoms. The molecule has 0 unspecified atom stereocenters. The topological polar surface area (TPSA) is 64.5 Å². The molecule has 0 saturated carbocycles. The molecule has 1 rings (SSSR count). The van der Waals surface area contributed by atoms with E-state index in [1.807, 2.05) is 6.07 Å². The van der Waals surface area contributed by atoms with Gasteiger partial charge in [-0.3, -0.25) is 0 Å². The molecular formula is C15H26N2O2. The Bertz CT molecular complexity index is 367. The summed E-state index contributed by atoms with van der Waals surface area (Å²) in [6.45, 7) is 7.13. The van der Waals surface area contributed by atoms with Crippen molar-refractivity contribution < 1.29 is 10.2 Å². The lowest BCUT2D eigenvalue weighted by Gasteiger charge is -2.11. The highest BCUT2D eigenvalue weighted by atomic mass is 16.3. The largest absolute Gasteiger partial charge is 0.508 e. The van der Waals surface area contributed by atoms with Gasteiger partial charge in [0.1, 0.15) is 5.75 Å². The van der Waals surface area contributed by atoms with E-state index in [0.29, 0.717) is 11.7 Å². The fraction of sp³-hybridized carbons (Fsp3) is 0.600. The highest BCUT2D eigenvalue weighted by molar-refractivity contribution is 5.51. The number of benzene rings is 1. The highest BCUT2D eigenvalue weighted by Crippen LogP contribution is 2.24. The molecule has 1 aromatic carbocycles. The molecule has 0 aromatic heterocycles. The van der Waals surface area contributed by atoms with Crippen LogP contribution in [-0.4, -0.2) is 36.5 Å². The first-order valence-electron chi connectivity index (χ1n) is 7.03. The first-order valence-corrected chi connectivity index (χ1v) is 7.03. The summed E-state index contributed by atoms with van der Waals surface area (Å²) < 4.78 is 0. The quantitative estimate of drug-likeness (QED) is 0.518. The number of anilines is 1. The number of aliphatic hydroxyl groups excluding tert-OH is 1. The Kier molecular flexibility index (Phi) is 7.30. The van der Waals surface area contributed by atoms with Crippen LogP contribution >= 0.6 is 0 Å². The summed E-state index contributed by atoms with van der Waals surface area (Å²) in [5, 5.41) is 24.9. The summed E-state index contributed by atoms with van der Waals surface area (Å²) in [6.07, 6.45) is 1.82. The second-order valence-electron chi connectivity index (χ2n) is 5.08. The molecule has 0 aliphatic carbocycles. The van der Waals surface area contributed by atoms with Crippen molar-refractivity contribution in [1.29, 1.82) is 0 Å². The number of rotatable bonds is 9. The van der Waals surface area contributed by atoms with Gasteiger partial charge >= 0.3 is 0 Å². The molecule has 0 heterocycles. The molecule has 0 atom stereocenters. The Balaban J connectivity index is 2.29. The number of hydrogen-bond donors (Lipinski definition) is 4. The summed E-state index contributed by atoms with van der Waals surface area (Å²) in [4.78, 5) is 0. The van der Waals surface area contributed by atoms with Crippen LogP contribution in [0.2, 0.25) is 0 Å². The fourth-order valence-corrected chi connectivity index (χ4v) is 1.85. The minimum Gasteiger partial charge on any atom is -0.508 e. The zero-order valence-corrected chi connectivity index (χ0v) is 11.9. The number of nitrogens with one attached hydrogen (secondary N) is 2. The van der Waals surface area contributed by atoms with E-state index in [9.17, 15) is 5.11 Å². The van der Waals surface area contributed by atoms with Crippen LogP contribution in [-0.2, 0) is 0 Å². The second kappa shape index (κ2) is 8.77. The van der Waals surface area contributed by atoms with Crippen LogP contribution in [0.3, 0.4) is 0 Å². The van der Waals surface area contributed by atoms with Crippen molar-refractivity contribution in [3.05, 3.63) is 23.8 Å². The second-order valence-corrected chi connectivity index (χ2v) is 5.08. The summed E-state index contributed by atoms with van der Waals surface area (Å²) in [5.41, 5.74) is 2.11. The fourth-order valence-electron chi connectivity index (χ4n) is 1.85. The van der Waals surface area contributed by atoms with Crippen molar-refractivity contribution in [2.24, 2.45) is 0 Å². The monoisotopic (exact) mass is 266 g/mol. The number of phenols is 1. The molecule has 108 valence electrons. The summed E-state index contributed by atoms with van der Waals surface area (Å²) in [6, 6.07) is 5.65. The molecule has 0 aliphatic rings. The minimum atomic E-state index is 0.243. The standard InChI is InChI=1S/C15H26N2O2/c1-12(2)13-9-14(11-15(19)10-13)17-7-3-5-16-6-4-8-18/h9-12,16-19H,3-8H2,1-2H3. The third-order valence-electron chi connectivity index (χ3n) is 2.98. The third kappa shape index (κ3) is 6.45. The molecule has 1 aromatic rings. The Morgan fingerprint density at radius 2 is 1.79 bits per heavy atom. The van der Waals surface area contributed by atoms with Crippen molar-refractivity contribution >= 4 is 5.69 Å². The maximum atomic E-state index is 9.67. The van der Waals surface area contributed by atoms with Gasteiger partial charge in [-0.2, -0.15) is 0 Å². The number of phenolic OH excluding ortho intramolecular Hbond substituents is 1. The Hall–Kier alpha value is -1.26. The van der Waals surface area contributed by atoms with Crippen molar-refractivity contribution in [2.75, 3.05) is 31.6 Å². The lowest BCUT2D eigenvalue weighted by Crippen LogP contribution is -2.19. The van der Waals surface area contributed by atoms with Gasteiger partial charge < -0.3 is 20.8 Å². The molecule has 0 bridgehead atoms. The van der Waals surface area contributed by atoms with Crippen LogP contribution in [0.4, 0.5) is 5.69 Å². The maximum Gasteiger partial charge on any atom is 0.117 e. The molecular weight excluding hydrogens is 240 g/mol. The maximum absolute atomic E-state index is 9.67. The molecule has 4 N–H and O–H groups in total. The van der Waals surface area contributed by atoms with Gasteiger partial charge in [-0.25, -0.2) is 0 Å². The van der Waals surface area contributed by atoms with Crippen LogP contribution in [0.5, 0.6) is 5.75 Å². The van der Waals surface area contributed by atoms with Crippen molar-refractivity contribution in [2.45, 2.75) is 32.6 Å². The number of aromatic hydroxyl groups is 1. The molecule has 19 heavy (non-hydrogen) atoms. The zero-order valence-electron chi connectivity index (χ0n) is 11.9. The summed E-state index contributed by atoms with van der Waals surface area (Å²) >= 11 is 0. The molecule has 4 nitrogen and oxygen atoms in total. The minimum absolute atomic E-state index is 0.243. The van der Waals surface area contributed by atoms with Crippen molar-refractivity contribution in [3.63, 3.8) is 0 Å². The number of hydrogen-bond acceptors (Lipinski definition) is 4. The molecule has 0 fully saturated rings. The van der Waals surface area contributed by atoms with Crippen LogP contribution < -0.4 is 10.6 Å². The van der Waals surface area contributed by atoms with Crippen LogP contribution in [0, 0.1) is 0 Å². The Labute approximate surface area is 115 Å². The van der Waals surface area contributed by atoms with Crippen LogP contribution in [0.15, 0.2) is 18.2 Å². The van der Waals surface area contributed by atoms with Gasteiger partial charge in [0.05, 0.1) is 0 Å². The van der Waals surface area contributed by atoms with Crippen molar-refractivity contribution in [3.8, 4) is 5.75 Å². The number of aliphatic hydroxyl groups is 1. The van der Waals surface area contributed by atoms with Gasteiger partial charge in [0, 0.05) is 24.9 Å². The third-order valence-corrected chi connectivity index (χ3v) is 2.98. The normalized spacial score (nSPS) is 10.9. The van der Waals surface area contributed by atoms with Gasteiger partial charge in [-0.05, 0) is 49.5 Å². The SMILES string of the molecule is CC(C)c1cc(O)cc(NCCCNCCCO)c1. The van der Waals surface area contributed by atoms with Gasteiger partial charge in [-0.1, -0.05) is 13.8 Å². The molecule has 0 saturated heterocycles. The first-order chi connectivity index (χ1) is 9.13. The van der Waals surface area contributed by atoms with E-state index in [4.69, 9.17) is 5.11 Å². The van der Waals surface area contributed by atoms with Crippen molar-refractivity contribution in [1.82, 2.24) is 5.32 Å². The molecule has 0 aliphatic heterocycles. The van der Waals surface area contributed by atoms with E-state index in [0.717, 1.165) is 43.7 Å². The first kappa shape index (κ1) is 15.8. The van der Waals surface area contributed by atoms with Crippen LogP contribution in [0.25, 0.3) is 0 Å². The highest BCUT2D eigenvalue weighted by Gasteiger charge is 2.03. The lowest BCUT2D eigenvalue weighted by molar-refractivity contribution is 0.286. The molecule has 0 radical (unpaired) electrons. The average Bonchev–Trinajstić information content (AvgIpc) is 2.37. The molecule has 0 spiro atoms. The predicted octanol–water partition coefficient (Wildman–Crippen LogP) is 2.29. The average molecular weight is 266 g/mol. The van der Waals surface area contributed by atoms with Crippen LogP contribution in [0.1, 0.15) is 38.2 Å². The van der Waals surface area contributed by atoms with E-state index in [-0.39, 0.29) is 6.61 Å². The van der Waals surface area contributed by atoms with E-state index in [1.54, 1.807) is 6.07 Å². The van der Waals surface area contributed by atoms with Gasteiger partial charge in [0.15, 0.2) is 0 Å². The lowest BCUT2D eigenvalue weighted by atomic mass is 10.0. The van der Waals surface area contributed by atoms with Gasteiger partial charge in [0.25, 0.3) is 0 Å². The Morgan fingerprint density at radius 3 is 2.47 bits per heavy atom. The zero-order chi connectivity index (χ0) is 14.1. The van der Waals surface area contributed by atoms with Gasteiger partial charge in [0.2, 0.25) is 0 Å². The Morgan fingerprint density at radius 1 is 1.05 bits per heavy atom. The van der Waals surface area contributed by atoms with E-state index in [2.05, 4.69) is 30.5 Å². The van der Waals surface area contributed by atoms with E-state index >= 15 is 0 Å².